The maximum Gasteiger partial charge on any atom is 0.307 e. The van der Waals surface area contributed by atoms with Crippen LogP contribution in [0.2, 0.25) is 0 Å². The van der Waals surface area contributed by atoms with E-state index in [1.165, 1.54) is 7.11 Å². The lowest BCUT2D eigenvalue weighted by atomic mass is 10.2. The molecular weight excluding hydrogens is 254 g/mol. The Bertz CT molecular complexity index is 290. The second kappa shape index (κ2) is 8.84. The molecule has 0 radical (unpaired) electrons. The Morgan fingerprint density at radius 3 is 2.63 bits per heavy atom. The van der Waals surface area contributed by atoms with Crippen molar-refractivity contribution in [2.24, 2.45) is 0 Å². The highest BCUT2D eigenvalue weighted by Gasteiger charge is 2.27. The molecule has 0 aromatic rings. The summed E-state index contributed by atoms with van der Waals surface area (Å²) in [6.45, 7) is 2.26. The van der Waals surface area contributed by atoms with Gasteiger partial charge in [0.05, 0.1) is 40.0 Å². The topological polar surface area (TPSA) is 74.3 Å². The van der Waals surface area contributed by atoms with E-state index in [0.717, 1.165) is 0 Å². The second-order valence-electron chi connectivity index (χ2n) is 4.08. The van der Waals surface area contributed by atoms with Gasteiger partial charge in [-0.15, -0.1) is 0 Å². The van der Waals surface area contributed by atoms with E-state index in [1.54, 1.807) is 12.0 Å². The van der Waals surface area contributed by atoms with E-state index in [-0.39, 0.29) is 31.4 Å². The molecule has 1 saturated heterocycles. The Morgan fingerprint density at radius 2 is 2.05 bits per heavy atom. The lowest BCUT2D eigenvalue weighted by Gasteiger charge is -2.29. The van der Waals surface area contributed by atoms with Gasteiger partial charge in [0.2, 0.25) is 0 Å². The van der Waals surface area contributed by atoms with Gasteiger partial charge < -0.3 is 23.8 Å². The minimum Gasteiger partial charge on any atom is -0.469 e. The highest BCUT2D eigenvalue weighted by Crippen LogP contribution is 2.06. The number of ether oxygens (including phenoxy) is 4. The highest BCUT2D eigenvalue weighted by atomic mass is 16.6. The fourth-order valence-electron chi connectivity index (χ4n) is 1.70. The molecule has 1 rings (SSSR count). The van der Waals surface area contributed by atoms with Crippen LogP contribution in [0.15, 0.2) is 0 Å². The van der Waals surface area contributed by atoms with E-state index in [4.69, 9.17) is 14.2 Å². The number of methoxy groups -OCH3 is 2. The summed E-state index contributed by atoms with van der Waals surface area (Å²) >= 11 is 0. The van der Waals surface area contributed by atoms with Crippen molar-refractivity contribution in [3.8, 4) is 0 Å². The van der Waals surface area contributed by atoms with E-state index in [9.17, 15) is 9.59 Å². The Balaban J connectivity index is 2.50. The molecule has 0 aliphatic carbocycles. The van der Waals surface area contributed by atoms with Crippen LogP contribution >= 0.6 is 0 Å². The minimum atomic E-state index is -0.594. The summed E-state index contributed by atoms with van der Waals surface area (Å²) in [5, 5.41) is 0. The molecule has 1 aliphatic rings. The third kappa shape index (κ3) is 5.54. The predicted molar refractivity (Wildman–Crippen MR) is 65.6 cm³/mol. The summed E-state index contributed by atoms with van der Waals surface area (Å²) in [6.07, 6.45) is -0.442. The molecule has 1 atom stereocenters. The van der Waals surface area contributed by atoms with Gasteiger partial charge in [-0.1, -0.05) is 0 Å². The Labute approximate surface area is 112 Å². The molecule has 0 spiro atoms. The fourth-order valence-corrected chi connectivity index (χ4v) is 1.70. The van der Waals surface area contributed by atoms with Gasteiger partial charge in [-0.05, 0) is 0 Å². The number of esters is 1. The van der Waals surface area contributed by atoms with Gasteiger partial charge in [0, 0.05) is 20.2 Å². The van der Waals surface area contributed by atoms with Crippen LogP contribution in [-0.4, -0.2) is 76.6 Å². The number of nitrogens with zero attached hydrogens (tertiary/aromatic N) is 1. The van der Waals surface area contributed by atoms with Crippen molar-refractivity contribution in [1.82, 2.24) is 4.90 Å². The molecule has 0 aromatic carbocycles. The molecule has 19 heavy (non-hydrogen) atoms. The molecule has 1 amide bonds. The Kier molecular flexibility index (Phi) is 7.39. The van der Waals surface area contributed by atoms with Crippen LogP contribution in [0.3, 0.4) is 0 Å². The number of carbonyl (C=O) groups is 2. The first kappa shape index (κ1) is 15.9. The van der Waals surface area contributed by atoms with Crippen LogP contribution in [-0.2, 0) is 28.5 Å². The average molecular weight is 275 g/mol. The molecule has 1 unspecified atom stereocenters. The van der Waals surface area contributed by atoms with Crippen molar-refractivity contribution in [2.45, 2.75) is 12.5 Å². The van der Waals surface area contributed by atoms with E-state index < -0.39 is 6.10 Å². The third-order valence-corrected chi connectivity index (χ3v) is 2.78. The molecule has 110 valence electrons. The first-order valence-electron chi connectivity index (χ1n) is 6.23. The third-order valence-electron chi connectivity index (χ3n) is 2.78. The smallest absolute Gasteiger partial charge is 0.307 e. The lowest BCUT2D eigenvalue weighted by Crippen LogP contribution is -2.47. The second-order valence-corrected chi connectivity index (χ2v) is 4.08. The molecule has 0 saturated carbocycles. The molecular formula is C12H21NO6. The molecule has 0 N–H and O–H groups in total. The standard InChI is InChI=1S/C12H21NO6/c1-16-6-5-13(4-3-11(14)17-2)12(15)10-9-18-7-8-19-10/h10H,3-9H2,1-2H3. The van der Waals surface area contributed by atoms with Crippen molar-refractivity contribution in [3.63, 3.8) is 0 Å². The highest BCUT2D eigenvalue weighted by molar-refractivity contribution is 5.81. The molecule has 0 aromatic heterocycles. The zero-order chi connectivity index (χ0) is 14.1. The van der Waals surface area contributed by atoms with Crippen molar-refractivity contribution in [3.05, 3.63) is 0 Å². The fraction of sp³-hybridized carbons (Fsp3) is 0.833. The average Bonchev–Trinajstić information content (AvgIpc) is 2.47. The number of rotatable bonds is 7. The number of hydrogen-bond donors (Lipinski definition) is 0. The maximum atomic E-state index is 12.2. The first-order chi connectivity index (χ1) is 9.19. The van der Waals surface area contributed by atoms with Gasteiger partial charge in [-0.3, -0.25) is 9.59 Å². The Morgan fingerprint density at radius 1 is 1.26 bits per heavy atom. The van der Waals surface area contributed by atoms with Crippen LogP contribution in [0.1, 0.15) is 6.42 Å². The van der Waals surface area contributed by atoms with Gasteiger partial charge in [0.25, 0.3) is 5.91 Å². The summed E-state index contributed by atoms with van der Waals surface area (Å²) in [6, 6.07) is 0. The van der Waals surface area contributed by atoms with Crippen molar-refractivity contribution >= 4 is 11.9 Å². The van der Waals surface area contributed by atoms with E-state index in [2.05, 4.69) is 4.74 Å². The normalized spacial score (nSPS) is 18.9. The van der Waals surface area contributed by atoms with E-state index >= 15 is 0 Å². The van der Waals surface area contributed by atoms with Crippen molar-refractivity contribution in [2.75, 3.05) is 53.7 Å². The van der Waals surface area contributed by atoms with E-state index in [1.807, 2.05) is 0 Å². The van der Waals surface area contributed by atoms with Crippen LogP contribution in [0.4, 0.5) is 0 Å². The van der Waals surface area contributed by atoms with Crippen LogP contribution in [0.5, 0.6) is 0 Å². The molecule has 0 bridgehead atoms. The summed E-state index contributed by atoms with van der Waals surface area (Å²) in [5.74, 6) is -0.531. The number of carbonyl (C=O) groups excluding carboxylic acids is 2. The number of amides is 1. The summed E-state index contributed by atoms with van der Waals surface area (Å²) in [7, 11) is 2.88. The van der Waals surface area contributed by atoms with Crippen molar-refractivity contribution < 1.29 is 28.5 Å². The van der Waals surface area contributed by atoms with Crippen LogP contribution < -0.4 is 0 Å². The van der Waals surface area contributed by atoms with Crippen molar-refractivity contribution in [1.29, 1.82) is 0 Å². The van der Waals surface area contributed by atoms with Gasteiger partial charge in [0.15, 0.2) is 6.10 Å². The molecule has 7 heteroatoms. The summed E-state index contributed by atoms with van der Waals surface area (Å²) in [5.41, 5.74) is 0. The zero-order valence-electron chi connectivity index (χ0n) is 11.4. The Hall–Kier alpha value is -1.18. The van der Waals surface area contributed by atoms with Gasteiger partial charge in [-0.2, -0.15) is 0 Å². The molecule has 1 aliphatic heterocycles. The van der Waals surface area contributed by atoms with Gasteiger partial charge in [-0.25, -0.2) is 0 Å². The monoisotopic (exact) mass is 275 g/mol. The molecule has 1 heterocycles. The predicted octanol–water partition coefficient (Wildman–Crippen LogP) is -0.560. The minimum absolute atomic E-state index is 0.152. The van der Waals surface area contributed by atoms with Crippen LogP contribution in [0, 0.1) is 0 Å². The maximum absolute atomic E-state index is 12.2. The summed E-state index contributed by atoms with van der Waals surface area (Å²) < 4.78 is 20.1. The van der Waals surface area contributed by atoms with E-state index in [0.29, 0.717) is 26.4 Å². The number of hydrogen-bond acceptors (Lipinski definition) is 6. The summed E-state index contributed by atoms with van der Waals surface area (Å²) in [4.78, 5) is 24.9. The first-order valence-corrected chi connectivity index (χ1v) is 6.23. The largest absolute Gasteiger partial charge is 0.469 e. The quantitative estimate of drug-likeness (QED) is 0.580. The van der Waals surface area contributed by atoms with Gasteiger partial charge >= 0.3 is 5.97 Å². The lowest BCUT2D eigenvalue weighted by molar-refractivity contribution is -0.159. The molecule has 1 fully saturated rings. The van der Waals surface area contributed by atoms with Crippen LogP contribution in [0.25, 0.3) is 0 Å². The van der Waals surface area contributed by atoms with Gasteiger partial charge in [0.1, 0.15) is 0 Å². The zero-order valence-corrected chi connectivity index (χ0v) is 11.4. The SMILES string of the molecule is COCCN(CCC(=O)OC)C(=O)C1COCCO1. The molecule has 7 nitrogen and oxygen atoms in total.